The Morgan fingerprint density at radius 3 is 3.12 bits per heavy atom. The second-order valence-corrected chi connectivity index (χ2v) is 4.75. The minimum Gasteiger partial charge on any atom is -0.391 e. The van der Waals surface area contributed by atoms with Crippen LogP contribution in [0.15, 0.2) is 39.5 Å². The second kappa shape index (κ2) is 4.21. The third-order valence-corrected chi connectivity index (χ3v) is 2.91. The van der Waals surface area contributed by atoms with Gasteiger partial charge in [-0.2, -0.15) is 0 Å². The van der Waals surface area contributed by atoms with Gasteiger partial charge in [-0.3, -0.25) is 10.4 Å². The Labute approximate surface area is 99.9 Å². The predicted octanol–water partition coefficient (Wildman–Crippen LogP) is 1.14. The van der Waals surface area contributed by atoms with E-state index in [1.165, 1.54) is 11.8 Å². The zero-order valence-electron chi connectivity index (χ0n) is 8.84. The van der Waals surface area contributed by atoms with E-state index in [1.807, 2.05) is 17.1 Å². The number of fused-ring (bicyclic) bond motifs is 1. The van der Waals surface area contributed by atoms with Crippen molar-refractivity contribution in [2.24, 2.45) is 10.7 Å². The highest BCUT2D eigenvalue weighted by Gasteiger charge is 2.24. The van der Waals surface area contributed by atoms with Crippen molar-refractivity contribution in [1.82, 2.24) is 4.90 Å². The van der Waals surface area contributed by atoms with Crippen LogP contribution in [-0.4, -0.2) is 30.2 Å². The van der Waals surface area contributed by atoms with Crippen molar-refractivity contribution in [1.29, 1.82) is 5.41 Å². The fraction of sp³-hybridized carbons (Fsp3) is 0.200. The first kappa shape index (κ1) is 11.1. The first-order valence-electron chi connectivity index (χ1n) is 4.77. The number of allylic oxidation sites excluding steroid dienone is 3. The molecule has 0 aliphatic carbocycles. The van der Waals surface area contributed by atoms with Crippen LogP contribution in [0.25, 0.3) is 0 Å². The number of thioether (sulfide) groups is 1. The molecule has 0 bridgehead atoms. The zero-order valence-corrected chi connectivity index (χ0v) is 9.66. The molecule has 2 rings (SSSR count). The van der Waals surface area contributed by atoms with Gasteiger partial charge in [-0.1, -0.05) is 23.3 Å². The van der Waals surface area contributed by atoms with E-state index < -0.39 is 0 Å². The fourth-order valence-electron chi connectivity index (χ4n) is 1.53. The molecule has 4 nitrogen and oxygen atoms in total. The van der Waals surface area contributed by atoms with Crippen LogP contribution in [0.1, 0.15) is 6.92 Å². The maximum atomic E-state index is 7.39. The average Bonchev–Trinajstić information content (AvgIpc) is 2.59. The molecule has 80 valence electrons. The lowest BCUT2D eigenvalue weighted by Crippen LogP contribution is -2.26. The molecule has 0 saturated heterocycles. The number of nitrogens with two attached hydrogens (primary N) is 1. The van der Waals surface area contributed by atoms with Gasteiger partial charge in [0.25, 0.3) is 0 Å². The summed E-state index contributed by atoms with van der Waals surface area (Å²) in [6.07, 6.45) is 7.21. The lowest BCUT2D eigenvalue weighted by Gasteiger charge is -2.24. The van der Waals surface area contributed by atoms with Gasteiger partial charge in [0.1, 0.15) is 14.0 Å². The van der Waals surface area contributed by atoms with Crippen LogP contribution in [0.5, 0.6) is 0 Å². The highest BCUT2D eigenvalue weighted by Crippen LogP contribution is 2.27. The Morgan fingerprint density at radius 2 is 2.44 bits per heavy atom. The summed E-state index contributed by atoms with van der Waals surface area (Å²) in [5.74, 6) is 0. The molecule has 0 spiro atoms. The highest BCUT2D eigenvalue weighted by molar-refractivity contribution is 8.17. The largest absolute Gasteiger partial charge is 0.391 e. The SMILES string of the molecule is [B]C1=CN2C(=C(N)SC(C)=N)C=NC2C=C1. The van der Waals surface area contributed by atoms with Crippen molar-refractivity contribution < 1.29 is 0 Å². The number of nitrogens with zero attached hydrogens (tertiary/aromatic N) is 2. The Kier molecular flexibility index (Phi) is 2.91. The number of aliphatic imine (C=N–C) groups is 1. The molecule has 2 radical (unpaired) electrons. The maximum Gasteiger partial charge on any atom is 0.144 e. The van der Waals surface area contributed by atoms with Crippen LogP contribution in [-0.2, 0) is 0 Å². The molecular weight excluding hydrogens is 219 g/mol. The first-order chi connectivity index (χ1) is 7.58. The van der Waals surface area contributed by atoms with Crippen LogP contribution >= 0.6 is 11.8 Å². The van der Waals surface area contributed by atoms with E-state index in [1.54, 1.807) is 19.3 Å². The third-order valence-electron chi connectivity index (χ3n) is 2.18. The minimum atomic E-state index is -0.0486. The summed E-state index contributed by atoms with van der Waals surface area (Å²) in [6.45, 7) is 1.70. The van der Waals surface area contributed by atoms with Gasteiger partial charge in [0.2, 0.25) is 0 Å². The minimum absolute atomic E-state index is 0.0486. The molecule has 0 aromatic carbocycles. The van der Waals surface area contributed by atoms with Crippen molar-refractivity contribution in [2.75, 3.05) is 0 Å². The van der Waals surface area contributed by atoms with Gasteiger partial charge in [0, 0.05) is 0 Å². The summed E-state index contributed by atoms with van der Waals surface area (Å²) in [5.41, 5.74) is 7.38. The molecule has 6 heteroatoms. The van der Waals surface area contributed by atoms with E-state index in [2.05, 4.69) is 4.99 Å². The normalized spacial score (nSPS) is 25.4. The molecule has 0 amide bonds. The third kappa shape index (κ3) is 2.06. The molecule has 0 saturated carbocycles. The van der Waals surface area contributed by atoms with Gasteiger partial charge in [0.15, 0.2) is 0 Å². The van der Waals surface area contributed by atoms with Crippen molar-refractivity contribution in [3.05, 3.63) is 34.6 Å². The van der Waals surface area contributed by atoms with E-state index >= 15 is 0 Å². The summed E-state index contributed by atoms with van der Waals surface area (Å²) in [7, 11) is 5.72. The Morgan fingerprint density at radius 1 is 1.69 bits per heavy atom. The molecule has 2 heterocycles. The zero-order chi connectivity index (χ0) is 11.7. The Balaban J connectivity index is 2.28. The van der Waals surface area contributed by atoms with Crippen molar-refractivity contribution in [3.63, 3.8) is 0 Å². The molecule has 3 N–H and O–H groups in total. The summed E-state index contributed by atoms with van der Waals surface area (Å²) in [5, 5.41) is 8.41. The lowest BCUT2D eigenvalue weighted by molar-refractivity contribution is 0.439. The van der Waals surface area contributed by atoms with E-state index in [0.29, 0.717) is 15.5 Å². The van der Waals surface area contributed by atoms with E-state index in [-0.39, 0.29) is 6.17 Å². The van der Waals surface area contributed by atoms with Crippen LogP contribution in [0.3, 0.4) is 0 Å². The molecular formula is C10H11BN4S. The second-order valence-electron chi connectivity index (χ2n) is 3.50. The van der Waals surface area contributed by atoms with Gasteiger partial charge in [0.05, 0.1) is 22.0 Å². The topological polar surface area (TPSA) is 65.5 Å². The summed E-state index contributed by atoms with van der Waals surface area (Å²) < 4.78 is 0. The van der Waals surface area contributed by atoms with E-state index in [4.69, 9.17) is 19.0 Å². The standard InChI is InChI=1S/C10H11BN4S/c1-6(12)16-10(13)8-4-14-9-3-2-7(11)5-15(8)9/h2-5,9,12H,13H2,1H3. The first-order valence-corrected chi connectivity index (χ1v) is 5.59. The number of hydrogen-bond donors (Lipinski definition) is 2. The van der Waals surface area contributed by atoms with Crippen LogP contribution < -0.4 is 5.73 Å². The van der Waals surface area contributed by atoms with Crippen LogP contribution in [0, 0.1) is 5.41 Å². The summed E-state index contributed by atoms with van der Waals surface area (Å²) >= 11 is 1.22. The fourth-order valence-corrected chi connectivity index (χ4v) is 2.12. The van der Waals surface area contributed by atoms with E-state index in [0.717, 1.165) is 5.70 Å². The van der Waals surface area contributed by atoms with E-state index in [9.17, 15) is 0 Å². The molecule has 16 heavy (non-hydrogen) atoms. The van der Waals surface area contributed by atoms with Crippen molar-refractivity contribution >= 4 is 30.9 Å². The number of rotatable bonds is 1. The molecule has 0 aromatic rings. The summed E-state index contributed by atoms with van der Waals surface area (Å²) in [6, 6.07) is 0. The summed E-state index contributed by atoms with van der Waals surface area (Å²) in [4.78, 5) is 6.20. The molecule has 0 fully saturated rings. The maximum absolute atomic E-state index is 7.39. The quantitative estimate of drug-likeness (QED) is 0.403. The van der Waals surface area contributed by atoms with Gasteiger partial charge < -0.3 is 10.6 Å². The monoisotopic (exact) mass is 230 g/mol. The lowest BCUT2D eigenvalue weighted by atomic mass is 9.94. The van der Waals surface area contributed by atoms with Gasteiger partial charge in [-0.15, -0.1) is 0 Å². The highest BCUT2D eigenvalue weighted by atomic mass is 32.2. The smallest absolute Gasteiger partial charge is 0.144 e. The predicted molar refractivity (Wildman–Crippen MR) is 69.3 cm³/mol. The van der Waals surface area contributed by atoms with Gasteiger partial charge in [-0.25, -0.2) is 0 Å². The number of hydrogen-bond acceptors (Lipinski definition) is 5. The van der Waals surface area contributed by atoms with Crippen molar-refractivity contribution in [2.45, 2.75) is 13.1 Å². The average molecular weight is 230 g/mol. The van der Waals surface area contributed by atoms with Crippen LogP contribution in [0.4, 0.5) is 0 Å². The number of nitrogens with one attached hydrogen (secondary N) is 1. The van der Waals surface area contributed by atoms with Crippen molar-refractivity contribution in [3.8, 4) is 0 Å². The molecule has 1 unspecified atom stereocenters. The molecule has 2 aliphatic heterocycles. The Hall–Kier alpha value is -1.43. The molecule has 1 atom stereocenters. The molecule has 2 aliphatic rings. The van der Waals surface area contributed by atoms with Gasteiger partial charge in [-0.05, 0) is 19.2 Å². The van der Waals surface area contributed by atoms with Crippen LogP contribution in [0.2, 0.25) is 0 Å². The van der Waals surface area contributed by atoms with Gasteiger partial charge >= 0.3 is 0 Å². The molecule has 0 aromatic heterocycles. The Bertz CT molecular complexity index is 450.